The van der Waals surface area contributed by atoms with Crippen molar-refractivity contribution in [3.05, 3.63) is 24.8 Å². The van der Waals surface area contributed by atoms with E-state index in [-0.39, 0.29) is 12.6 Å². The summed E-state index contributed by atoms with van der Waals surface area (Å²) in [6.45, 7) is 10.6. The second-order valence-corrected chi connectivity index (χ2v) is 5.73. The topological polar surface area (TPSA) is 35.5 Å². The van der Waals surface area contributed by atoms with Gasteiger partial charge in [-0.25, -0.2) is 4.79 Å². The zero-order valence-corrected chi connectivity index (χ0v) is 14.4. The summed E-state index contributed by atoms with van der Waals surface area (Å²) in [4.78, 5) is 11.6. The molecule has 0 aliphatic heterocycles. The van der Waals surface area contributed by atoms with Gasteiger partial charge in [0.1, 0.15) is 0 Å². The fourth-order valence-electron chi connectivity index (χ4n) is 2.18. The zero-order chi connectivity index (χ0) is 16.5. The Bertz CT molecular complexity index is 297. The molecular formula is C19H34O3. The third kappa shape index (κ3) is 13.9. The predicted octanol–water partition coefficient (Wildman–Crippen LogP) is 5.21. The molecule has 0 aromatic carbocycles. The Hall–Kier alpha value is -1.09. The SMILES string of the molecule is C=CCOCC(=C)C(=O)OCCCCCCCCCCCC. The van der Waals surface area contributed by atoms with E-state index in [2.05, 4.69) is 20.1 Å². The largest absolute Gasteiger partial charge is 0.462 e. The molecule has 0 heterocycles. The number of carbonyl (C=O) groups excluding carboxylic acids is 1. The number of esters is 1. The minimum atomic E-state index is -0.347. The standard InChI is InChI=1S/C19H34O3/c1-4-6-7-8-9-10-11-12-13-14-16-22-19(20)18(3)17-21-15-5-2/h5H,2-4,6-17H2,1H3. The van der Waals surface area contributed by atoms with E-state index in [4.69, 9.17) is 9.47 Å². The lowest BCUT2D eigenvalue weighted by Gasteiger charge is -2.07. The molecule has 3 heteroatoms. The van der Waals surface area contributed by atoms with Crippen molar-refractivity contribution in [3.63, 3.8) is 0 Å². The Labute approximate surface area is 136 Å². The smallest absolute Gasteiger partial charge is 0.335 e. The van der Waals surface area contributed by atoms with Crippen LogP contribution in [-0.4, -0.2) is 25.8 Å². The molecule has 0 fully saturated rings. The normalized spacial score (nSPS) is 10.4. The summed E-state index contributed by atoms with van der Waals surface area (Å²) < 4.78 is 10.3. The van der Waals surface area contributed by atoms with Crippen molar-refractivity contribution < 1.29 is 14.3 Å². The first-order valence-corrected chi connectivity index (χ1v) is 8.75. The fourth-order valence-corrected chi connectivity index (χ4v) is 2.18. The van der Waals surface area contributed by atoms with Gasteiger partial charge >= 0.3 is 5.97 Å². The molecular weight excluding hydrogens is 276 g/mol. The van der Waals surface area contributed by atoms with Crippen molar-refractivity contribution in [2.45, 2.75) is 71.1 Å². The zero-order valence-electron chi connectivity index (χ0n) is 14.4. The number of hydrogen-bond acceptors (Lipinski definition) is 3. The molecule has 3 nitrogen and oxygen atoms in total. The average molecular weight is 310 g/mol. The molecule has 0 N–H and O–H groups in total. The van der Waals surface area contributed by atoms with E-state index in [0.29, 0.717) is 18.8 Å². The van der Waals surface area contributed by atoms with E-state index in [9.17, 15) is 4.79 Å². The van der Waals surface area contributed by atoms with Crippen LogP contribution in [0.25, 0.3) is 0 Å². The lowest BCUT2D eigenvalue weighted by Crippen LogP contribution is -2.12. The Morgan fingerprint density at radius 1 is 0.955 bits per heavy atom. The molecule has 0 saturated carbocycles. The second kappa shape index (κ2) is 16.3. The lowest BCUT2D eigenvalue weighted by atomic mass is 10.1. The van der Waals surface area contributed by atoms with Crippen molar-refractivity contribution in [2.75, 3.05) is 19.8 Å². The molecule has 0 spiro atoms. The molecule has 0 aliphatic carbocycles. The molecule has 0 saturated heterocycles. The molecule has 0 aromatic rings. The summed E-state index contributed by atoms with van der Waals surface area (Å²) in [6.07, 6.45) is 14.4. The highest BCUT2D eigenvalue weighted by atomic mass is 16.5. The van der Waals surface area contributed by atoms with Crippen molar-refractivity contribution in [3.8, 4) is 0 Å². The van der Waals surface area contributed by atoms with E-state index in [1.54, 1.807) is 6.08 Å². The summed E-state index contributed by atoms with van der Waals surface area (Å²) in [7, 11) is 0. The Balaban J connectivity index is 3.29. The first-order valence-electron chi connectivity index (χ1n) is 8.75. The van der Waals surface area contributed by atoms with Crippen LogP contribution in [0.3, 0.4) is 0 Å². The first-order chi connectivity index (χ1) is 10.7. The number of unbranched alkanes of at least 4 members (excludes halogenated alkanes) is 9. The number of rotatable bonds is 16. The Morgan fingerprint density at radius 3 is 2.05 bits per heavy atom. The van der Waals surface area contributed by atoms with E-state index in [0.717, 1.165) is 12.8 Å². The highest BCUT2D eigenvalue weighted by Crippen LogP contribution is 2.10. The van der Waals surface area contributed by atoms with E-state index in [1.165, 1.54) is 51.4 Å². The van der Waals surface area contributed by atoms with Crippen LogP contribution >= 0.6 is 0 Å². The van der Waals surface area contributed by atoms with Gasteiger partial charge in [-0.2, -0.15) is 0 Å². The van der Waals surface area contributed by atoms with Gasteiger partial charge in [0, 0.05) is 0 Å². The van der Waals surface area contributed by atoms with Crippen LogP contribution in [0.2, 0.25) is 0 Å². The fraction of sp³-hybridized carbons (Fsp3) is 0.737. The average Bonchev–Trinajstić information content (AvgIpc) is 2.52. The third-order valence-electron chi connectivity index (χ3n) is 3.53. The number of carbonyl (C=O) groups is 1. The van der Waals surface area contributed by atoms with E-state index < -0.39 is 0 Å². The minimum Gasteiger partial charge on any atom is -0.462 e. The second-order valence-electron chi connectivity index (χ2n) is 5.73. The lowest BCUT2D eigenvalue weighted by molar-refractivity contribution is -0.139. The molecule has 0 bridgehead atoms. The summed E-state index contributed by atoms with van der Waals surface area (Å²) in [5, 5.41) is 0. The van der Waals surface area contributed by atoms with Crippen LogP contribution in [0.15, 0.2) is 24.8 Å². The first kappa shape index (κ1) is 20.9. The number of ether oxygens (including phenoxy) is 2. The highest BCUT2D eigenvalue weighted by Gasteiger charge is 2.07. The van der Waals surface area contributed by atoms with Gasteiger partial charge in [-0.05, 0) is 6.42 Å². The van der Waals surface area contributed by atoms with Gasteiger partial charge in [-0.1, -0.05) is 77.4 Å². The van der Waals surface area contributed by atoms with Gasteiger partial charge in [-0.3, -0.25) is 0 Å². The highest BCUT2D eigenvalue weighted by molar-refractivity contribution is 5.87. The number of hydrogen-bond donors (Lipinski definition) is 0. The summed E-state index contributed by atoms with van der Waals surface area (Å²) in [5.41, 5.74) is 0.369. The van der Waals surface area contributed by atoms with Crippen LogP contribution in [0.4, 0.5) is 0 Å². The molecule has 0 radical (unpaired) electrons. The Kier molecular flexibility index (Phi) is 15.5. The van der Waals surface area contributed by atoms with Crippen LogP contribution in [0, 0.1) is 0 Å². The van der Waals surface area contributed by atoms with Crippen LogP contribution < -0.4 is 0 Å². The van der Waals surface area contributed by atoms with Crippen molar-refractivity contribution >= 4 is 5.97 Å². The van der Waals surface area contributed by atoms with E-state index >= 15 is 0 Å². The monoisotopic (exact) mass is 310 g/mol. The molecule has 128 valence electrons. The van der Waals surface area contributed by atoms with Crippen LogP contribution in [-0.2, 0) is 14.3 Å². The van der Waals surface area contributed by atoms with Gasteiger partial charge in [0.2, 0.25) is 0 Å². The maximum absolute atomic E-state index is 11.6. The van der Waals surface area contributed by atoms with Gasteiger partial charge in [0.15, 0.2) is 0 Å². The van der Waals surface area contributed by atoms with Gasteiger partial charge in [-0.15, -0.1) is 6.58 Å². The minimum absolute atomic E-state index is 0.211. The molecule has 0 amide bonds. The molecule has 22 heavy (non-hydrogen) atoms. The van der Waals surface area contributed by atoms with Crippen molar-refractivity contribution in [2.24, 2.45) is 0 Å². The Morgan fingerprint density at radius 2 is 1.50 bits per heavy atom. The predicted molar refractivity (Wildman–Crippen MR) is 93.0 cm³/mol. The van der Waals surface area contributed by atoms with Crippen molar-refractivity contribution in [1.82, 2.24) is 0 Å². The van der Waals surface area contributed by atoms with Gasteiger partial charge < -0.3 is 9.47 Å². The quantitative estimate of drug-likeness (QED) is 0.170. The van der Waals surface area contributed by atoms with Crippen LogP contribution in [0.5, 0.6) is 0 Å². The molecule has 0 aromatic heterocycles. The maximum atomic E-state index is 11.6. The summed E-state index contributed by atoms with van der Waals surface area (Å²) >= 11 is 0. The molecule has 0 rings (SSSR count). The van der Waals surface area contributed by atoms with Gasteiger partial charge in [0.25, 0.3) is 0 Å². The molecule has 0 atom stereocenters. The van der Waals surface area contributed by atoms with Crippen molar-refractivity contribution in [1.29, 1.82) is 0 Å². The maximum Gasteiger partial charge on any atom is 0.335 e. The van der Waals surface area contributed by atoms with Gasteiger partial charge in [0.05, 0.1) is 25.4 Å². The summed E-state index contributed by atoms with van der Waals surface area (Å²) in [5.74, 6) is -0.347. The molecule has 0 aliphatic rings. The van der Waals surface area contributed by atoms with Crippen LogP contribution in [0.1, 0.15) is 71.1 Å². The summed E-state index contributed by atoms with van der Waals surface area (Å²) in [6, 6.07) is 0. The van der Waals surface area contributed by atoms with E-state index in [1.807, 2.05) is 0 Å². The molecule has 0 unspecified atom stereocenters. The third-order valence-corrected chi connectivity index (χ3v) is 3.53.